The molecule has 1 heterocycles. The number of hydrogen-bond acceptors (Lipinski definition) is 7. The van der Waals surface area contributed by atoms with E-state index in [2.05, 4.69) is 9.97 Å². The summed E-state index contributed by atoms with van der Waals surface area (Å²) in [5, 5.41) is 19.9. The van der Waals surface area contributed by atoms with E-state index in [0.717, 1.165) is 6.33 Å². The van der Waals surface area contributed by atoms with Gasteiger partial charge in [-0.1, -0.05) is 11.6 Å². The summed E-state index contributed by atoms with van der Waals surface area (Å²) in [6, 6.07) is 6.17. The standard InChI is InChI=1S/C12H7ClN4O4/c1-20-11-10(17(18)19)12(16-6-15-11)21-9-3-2-7(5-14)4-8(9)13/h2-4,6H,1H3. The third kappa shape index (κ3) is 2.98. The third-order valence-electron chi connectivity index (χ3n) is 2.40. The average Bonchev–Trinajstić information content (AvgIpc) is 2.48. The lowest BCUT2D eigenvalue weighted by Gasteiger charge is -2.08. The number of nitriles is 1. The second-order valence-corrected chi connectivity index (χ2v) is 4.06. The Morgan fingerprint density at radius 3 is 2.67 bits per heavy atom. The minimum absolute atomic E-state index is 0.125. The molecule has 21 heavy (non-hydrogen) atoms. The highest BCUT2D eigenvalue weighted by Gasteiger charge is 2.26. The number of methoxy groups -OCH3 is 1. The van der Waals surface area contributed by atoms with Crippen LogP contribution in [0.25, 0.3) is 0 Å². The number of ether oxygens (including phenoxy) is 2. The number of hydrogen-bond donors (Lipinski definition) is 0. The van der Waals surface area contributed by atoms with Crippen LogP contribution in [0.2, 0.25) is 5.02 Å². The van der Waals surface area contributed by atoms with Crippen molar-refractivity contribution in [3.8, 4) is 23.6 Å². The van der Waals surface area contributed by atoms with Gasteiger partial charge in [-0.2, -0.15) is 15.2 Å². The van der Waals surface area contributed by atoms with Gasteiger partial charge in [0.15, 0.2) is 0 Å². The van der Waals surface area contributed by atoms with Crippen molar-refractivity contribution in [2.75, 3.05) is 7.11 Å². The molecule has 0 aliphatic rings. The van der Waals surface area contributed by atoms with Gasteiger partial charge in [-0.25, -0.2) is 0 Å². The van der Waals surface area contributed by atoms with Crippen molar-refractivity contribution in [3.05, 3.63) is 45.2 Å². The van der Waals surface area contributed by atoms with Crippen molar-refractivity contribution < 1.29 is 14.4 Å². The van der Waals surface area contributed by atoms with E-state index in [1.807, 2.05) is 6.07 Å². The molecule has 1 aromatic heterocycles. The van der Waals surface area contributed by atoms with Gasteiger partial charge in [-0.3, -0.25) is 10.1 Å². The molecule has 0 saturated carbocycles. The molecular weight excluding hydrogens is 300 g/mol. The minimum atomic E-state index is -0.717. The van der Waals surface area contributed by atoms with Crippen LogP contribution >= 0.6 is 11.6 Å². The van der Waals surface area contributed by atoms with Crippen molar-refractivity contribution >= 4 is 17.3 Å². The van der Waals surface area contributed by atoms with Crippen molar-refractivity contribution in [2.24, 2.45) is 0 Å². The number of aromatic nitrogens is 2. The smallest absolute Gasteiger partial charge is 0.392 e. The third-order valence-corrected chi connectivity index (χ3v) is 2.69. The van der Waals surface area contributed by atoms with E-state index in [-0.39, 0.29) is 22.5 Å². The van der Waals surface area contributed by atoms with E-state index in [1.165, 1.54) is 25.3 Å². The van der Waals surface area contributed by atoms with Gasteiger partial charge < -0.3 is 9.47 Å². The summed E-state index contributed by atoms with van der Waals surface area (Å²) >= 11 is 5.94. The summed E-state index contributed by atoms with van der Waals surface area (Å²) in [5.74, 6) is -0.409. The van der Waals surface area contributed by atoms with Crippen molar-refractivity contribution in [3.63, 3.8) is 0 Å². The van der Waals surface area contributed by atoms with E-state index in [4.69, 9.17) is 26.3 Å². The lowest BCUT2D eigenvalue weighted by Crippen LogP contribution is -2.01. The molecule has 0 fully saturated rings. The molecule has 9 heteroatoms. The molecule has 0 unspecified atom stereocenters. The second kappa shape index (κ2) is 6.02. The number of rotatable bonds is 4. The molecular formula is C12H7ClN4O4. The van der Waals surface area contributed by atoms with Crippen LogP contribution in [0.5, 0.6) is 17.5 Å². The fourth-order valence-electron chi connectivity index (χ4n) is 1.49. The van der Waals surface area contributed by atoms with Gasteiger partial charge in [0.2, 0.25) is 0 Å². The van der Waals surface area contributed by atoms with Crippen LogP contribution in [0, 0.1) is 21.4 Å². The molecule has 2 rings (SSSR count). The Hall–Kier alpha value is -2.92. The highest BCUT2D eigenvalue weighted by molar-refractivity contribution is 6.32. The van der Waals surface area contributed by atoms with E-state index < -0.39 is 10.6 Å². The fourth-order valence-corrected chi connectivity index (χ4v) is 1.70. The molecule has 0 spiro atoms. The van der Waals surface area contributed by atoms with Crippen LogP contribution in [0.15, 0.2) is 24.5 Å². The number of halogens is 1. The molecule has 0 N–H and O–H groups in total. The summed E-state index contributed by atoms with van der Waals surface area (Å²) < 4.78 is 10.1. The predicted octanol–water partition coefficient (Wildman–Crippen LogP) is 2.71. The van der Waals surface area contributed by atoms with Crippen LogP contribution in [0.3, 0.4) is 0 Å². The van der Waals surface area contributed by atoms with E-state index in [9.17, 15) is 10.1 Å². The molecule has 1 aromatic carbocycles. The molecule has 8 nitrogen and oxygen atoms in total. The monoisotopic (exact) mass is 306 g/mol. The van der Waals surface area contributed by atoms with E-state index in [0.29, 0.717) is 5.56 Å². The SMILES string of the molecule is COc1ncnc(Oc2ccc(C#N)cc2Cl)c1[N+](=O)[O-]. The molecule has 0 atom stereocenters. The second-order valence-electron chi connectivity index (χ2n) is 3.65. The topological polar surface area (TPSA) is 111 Å². The molecule has 0 radical (unpaired) electrons. The predicted molar refractivity (Wildman–Crippen MR) is 71.5 cm³/mol. The maximum atomic E-state index is 11.1. The van der Waals surface area contributed by atoms with Gasteiger partial charge >= 0.3 is 17.4 Å². The fraction of sp³-hybridized carbons (Fsp3) is 0.0833. The van der Waals surface area contributed by atoms with E-state index in [1.54, 1.807) is 0 Å². The van der Waals surface area contributed by atoms with Crippen molar-refractivity contribution in [1.82, 2.24) is 9.97 Å². The quantitative estimate of drug-likeness (QED) is 0.630. The van der Waals surface area contributed by atoms with Gasteiger partial charge in [-0.05, 0) is 18.2 Å². The molecule has 0 amide bonds. The van der Waals surface area contributed by atoms with Gasteiger partial charge in [-0.15, -0.1) is 0 Å². The summed E-state index contributed by atoms with van der Waals surface area (Å²) in [6.07, 6.45) is 1.07. The largest absolute Gasteiger partial charge is 0.476 e. The van der Waals surface area contributed by atoms with Gasteiger partial charge in [0.25, 0.3) is 0 Å². The first-order valence-electron chi connectivity index (χ1n) is 5.47. The zero-order valence-corrected chi connectivity index (χ0v) is 11.4. The lowest BCUT2D eigenvalue weighted by molar-refractivity contribution is -0.387. The average molecular weight is 307 g/mol. The molecule has 2 aromatic rings. The number of nitrogens with zero attached hydrogens (tertiary/aromatic N) is 4. The zero-order valence-electron chi connectivity index (χ0n) is 10.6. The van der Waals surface area contributed by atoms with Crippen LogP contribution in [0.4, 0.5) is 5.69 Å². The Labute approximate surface area is 123 Å². The number of benzene rings is 1. The number of nitro groups is 1. The molecule has 106 valence electrons. The van der Waals surface area contributed by atoms with Crippen LogP contribution < -0.4 is 9.47 Å². The first-order chi connectivity index (χ1) is 10.1. The zero-order chi connectivity index (χ0) is 15.4. The first-order valence-corrected chi connectivity index (χ1v) is 5.85. The highest BCUT2D eigenvalue weighted by Crippen LogP contribution is 2.37. The highest BCUT2D eigenvalue weighted by atomic mass is 35.5. The molecule has 0 saturated heterocycles. The maximum Gasteiger partial charge on any atom is 0.392 e. The Morgan fingerprint density at radius 2 is 2.10 bits per heavy atom. The van der Waals surface area contributed by atoms with Crippen molar-refractivity contribution in [2.45, 2.75) is 0 Å². The normalized spacial score (nSPS) is 9.76. The Bertz CT molecular complexity index is 745. The Balaban J connectivity index is 2.45. The Kier molecular flexibility index (Phi) is 4.15. The maximum absolute atomic E-state index is 11.1. The summed E-state index contributed by atoms with van der Waals surface area (Å²) in [6.45, 7) is 0. The first kappa shape index (κ1) is 14.5. The van der Waals surface area contributed by atoms with Gasteiger partial charge in [0, 0.05) is 0 Å². The minimum Gasteiger partial charge on any atom is -0.476 e. The van der Waals surface area contributed by atoms with E-state index >= 15 is 0 Å². The van der Waals surface area contributed by atoms with Crippen molar-refractivity contribution in [1.29, 1.82) is 5.26 Å². The molecule has 0 aliphatic carbocycles. The summed E-state index contributed by atoms with van der Waals surface area (Å²) in [7, 11) is 1.24. The summed E-state index contributed by atoms with van der Waals surface area (Å²) in [4.78, 5) is 17.7. The van der Waals surface area contributed by atoms with Crippen LogP contribution in [0.1, 0.15) is 5.56 Å². The Morgan fingerprint density at radius 1 is 1.38 bits per heavy atom. The van der Waals surface area contributed by atoms with Crippen LogP contribution in [-0.4, -0.2) is 22.0 Å². The van der Waals surface area contributed by atoms with Gasteiger partial charge in [0.05, 0.1) is 28.7 Å². The lowest BCUT2D eigenvalue weighted by atomic mass is 10.2. The van der Waals surface area contributed by atoms with Crippen LogP contribution in [-0.2, 0) is 0 Å². The summed E-state index contributed by atoms with van der Waals surface area (Å²) in [5.41, 5.74) is -0.178. The molecule has 0 bridgehead atoms. The van der Waals surface area contributed by atoms with Gasteiger partial charge in [0.1, 0.15) is 12.1 Å². The molecule has 0 aliphatic heterocycles.